The first-order chi connectivity index (χ1) is 27.4. The van der Waals surface area contributed by atoms with Crippen LogP contribution in [0.1, 0.15) is 0 Å². The van der Waals surface area contributed by atoms with Crippen LogP contribution in [-0.2, 0) is 0 Å². The average molecular weight is 728 g/mol. The van der Waals surface area contributed by atoms with Crippen LogP contribution in [0.3, 0.4) is 0 Å². The molecule has 0 fully saturated rings. The lowest BCUT2D eigenvalue weighted by Gasteiger charge is -2.32. The molecule has 260 valence electrons. The Kier molecular flexibility index (Phi) is 11.2. The molecule has 0 aliphatic rings. The predicted molar refractivity (Wildman–Crippen MR) is 343 cm³/mol. The topological polar surface area (TPSA) is 0 Å². The highest BCUT2D eigenvalue weighted by molar-refractivity contribution is 6.76. The summed E-state index contributed by atoms with van der Waals surface area (Å²) in [5, 5.41) is 8.58. The van der Waals surface area contributed by atoms with E-state index in [9.17, 15) is 0 Å². The van der Waals surface area contributed by atoms with Crippen molar-refractivity contribution in [2.75, 3.05) is 0 Å². The summed E-state index contributed by atoms with van der Waals surface area (Å²) in [7, 11) is 54.5. The van der Waals surface area contributed by atoms with Crippen LogP contribution in [0.4, 0.5) is 0 Å². The van der Waals surface area contributed by atoms with Crippen molar-refractivity contribution in [1.82, 2.24) is 0 Å². The molecule has 0 aliphatic carbocycles. The molecule has 7 aromatic carbocycles. The number of hydrogen-bond acceptors (Lipinski definition) is 0. The van der Waals surface area contributed by atoms with Gasteiger partial charge in [0.1, 0.15) is 180 Å². The summed E-state index contributed by atoms with van der Waals surface area (Å²) in [4.78, 5) is 0. The molecular formula is C36H47B23. The second-order valence-corrected chi connectivity index (χ2v) is 19.1. The first-order valence-electron chi connectivity index (χ1n) is 22.1. The predicted octanol–water partition coefficient (Wildman–Crippen LogP) is -29.9. The summed E-state index contributed by atoms with van der Waals surface area (Å²) in [6, 6.07) is 2.47. The lowest BCUT2D eigenvalue weighted by atomic mass is 9.55. The zero-order valence-electron chi connectivity index (χ0n) is 41.1. The van der Waals surface area contributed by atoms with Gasteiger partial charge in [0.15, 0.2) is 0 Å². The van der Waals surface area contributed by atoms with Crippen molar-refractivity contribution in [2.45, 2.75) is 0 Å². The Balaban J connectivity index is 1.87. The fourth-order valence-electron chi connectivity index (χ4n) is 11.5. The van der Waals surface area contributed by atoms with Crippen LogP contribution >= 0.6 is 0 Å². The van der Waals surface area contributed by atoms with E-state index in [0.717, 1.165) is 0 Å². The van der Waals surface area contributed by atoms with E-state index in [1.165, 1.54) is 191 Å². The highest BCUT2D eigenvalue weighted by Crippen LogP contribution is 2.39. The van der Waals surface area contributed by atoms with Crippen molar-refractivity contribution >= 4 is 338 Å². The van der Waals surface area contributed by atoms with E-state index in [4.69, 9.17) is 0 Å². The Bertz CT molecular complexity index is 3020. The third-order valence-corrected chi connectivity index (χ3v) is 17.1. The maximum atomic E-state index is 2.47. The van der Waals surface area contributed by atoms with Crippen LogP contribution in [0, 0.1) is 0 Å². The molecule has 7 rings (SSSR count). The highest BCUT2D eigenvalue weighted by atomic mass is 14.3. The van der Waals surface area contributed by atoms with Crippen LogP contribution in [-0.4, -0.2) is 180 Å². The van der Waals surface area contributed by atoms with Crippen molar-refractivity contribution in [3.05, 3.63) is 6.07 Å². The zero-order chi connectivity index (χ0) is 43.9. The molecule has 0 atom stereocenters. The molecule has 0 bridgehead atoms. The molecule has 0 nitrogen and oxygen atoms in total. The Morgan fingerprint density at radius 3 is 0.814 bits per heavy atom. The fourth-order valence-corrected chi connectivity index (χ4v) is 11.5. The molecule has 0 unspecified atom stereocenters. The number of hydrogen-bond donors (Lipinski definition) is 0. The van der Waals surface area contributed by atoms with Crippen molar-refractivity contribution in [2.24, 2.45) is 0 Å². The third kappa shape index (κ3) is 5.91. The summed E-state index contributed by atoms with van der Waals surface area (Å²) in [5.41, 5.74) is 40.8. The minimum Gasteiger partial charge on any atom is -0.102 e. The summed E-state index contributed by atoms with van der Waals surface area (Å²) in [6.07, 6.45) is 0. The van der Waals surface area contributed by atoms with Crippen molar-refractivity contribution in [3.63, 3.8) is 0 Å². The molecule has 7 aromatic rings. The molecule has 0 spiro atoms. The summed E-state index contributed by atoms with van der Waals surface area (Å²) in [6.45, 7) is 0. The molecule has 0 aromatic heterocycles. The van der Waals surface area contributed by atoms with Crippen molar-refractivity contribution < 1.29 is 0 Å². The van der Waals surface area contributed by atoms with Gasteiger partial charge in [-0.3, -0.25) is 0 Å². The molecule has 0 N–H and O–H groups in total. The number of rotatable bonds is 3. The Morgan fingerprint density at radius 1 is 0.169 bits per heavy atom. The normalized spacial score (nSPS) is 11.6. The van der Waals surface area contributed by atoms with E-state index in [1.807, 2.05) is 0 Å². The van der Waals surface area contributed by atoms with Gasteiger partial charge < -0.3 is 0 Å². The van der Waals surface area contributed by atoms with E-state index in [1.54, 1.807) is 0 Å². The van der Waals surface area contributed by atoms with E-state index in [2.05, 4.69) is 187 Å². The van der Waals surface area contributed by atoms with Gasteiger partial charge in [0, 0.05) is 0 Å². The van der Waals surface area contributed by atoms with Gasteiger partial charge in [0.05, 0.1) is 0 Å². The van der Waals surface area contributed by atoms with Gasteiger partial charge >= 0.3 is 0 Å². The van der Waals surface area contributed by atoms with E-state index >= 15 is 0 Å². The van der Waals surface area contributed by atoms with Crippen LogP contribution in [0.15, 0.2) is 6.07 Å². The summed E-state index contributed by atoms with van der Waals surface area (Å²) >= 11 is 0. The largest absolute Gasteiger partial charge is 0.140 e. The third-order valence-electron chi connectivity index (χ3n) is 17.1. The molecule has 0 aliphatic heterocycles. The first kappa shape index (κ1) is 43.9. The van der Waals surface area contributed by atoms with E-state index in [0.29, 0.717) is 0 Å². The maximum Gasteiger partial charge on any atom is 0.140 e. The van der Waals surface area contributed by atoms with Gasteiger partial charge in [-0.1, -0.05) is 77.1 Å². The minimum atomic E-state index is 1.37. The van der Waals surface area contributed by atoms with E-state index < -0.39 is 0 Å². The Morgan fingerprint density at radius 2 is 0.407 bits per heavy atom. The summed E-state index contributed by atoms with van der Waals surface area (Å²) in [5.74, 6) is 0. The Labute approximate surface area is 375 Å². The SMILES string of the molecule is Bc1cc(-c2c(B)c(B)c(B)c3c(B)c(-c4c5c(B)c(B)c(B)c(B)c5c(-c5c(B)c(B)c(B)c(B)c5B)c5c(B)c(B)c(B)c(B)c45)c(B)c(B)c23)c(B)c(B)c1B. The smallest absolute Gasteiger partial charge is 0.102 e. The molecule has 0 heterocycles. The quantitative estimate of drug-likeness (QED) is 0.126. The molecule has 0 saturated carbocycles. The Hall–Kier alpha value is -3.19. The second kappa shape index (κ2) is 15.0. The van der Waals surface area contributed by atoms with Gasteiger partial charge in [-0.25, -0.2) is 0 Å². The molecule has 59 heavy (non-hydrogen) atoms. The van der Waals surface area contributed by atoms with Gasteiger partial charge in [0.25, 0.3) is 0 Å². The molecule has 23 heteroatoms. The molecule has 0 amide bonds. The van der Waals surface area contributed by atoms with Crippen LogP contribution in [0.25, 0.3) is 65.7 Å². The molecule has 0 saturated heterocycles. The van der Waals surface area contributed by atoms with Gasteiger partial charge in [-0.05, 0) is 65.7 Å². The maximum absolute atomic E-state index is 2.47. The number of benzene rings is 7. The van der Waals surface area contributed by atoms with Gasteiger partial charge in [-0.2, -0.15) is 0 Å². The molecular weight excluding hydrogens is 681 g/mol. The number of fused-ring (bicyclic) bond motifs is 3. The minimum absolute atomic E-state index is 1.37. The van der Waals surface area contributed by atoms with E-state index in [-0.39, 0.29) is 0 Å². The standard InChI is InChI=1S/C36H47B23/c37-3-1-2(15(38)28(51)16(3)39)4-7-14(27(50)29(52)18(4)41)17(40)12(24(47)19(7)42)5-8-10(22(45)32(55)30(53)20(8)43)6(11-9(5)21(44)31(54)33(56)23(11)46)13-25(48)34(57)36(59)35(58)26(13)49/h1H,37-59H2. The van der Waals surface area contributed by atoms with Crippen LogP contribution in [0.5, 0.6) is 0 Å². The summed E-state index contributed by atoms with van der Waals surface area (Å²) < 4.78 is 0. The highest BCUT2D eigenvalue weighted by Gasteiger charge is 2.30. The lowest BCUT2D eigenvalue weighted by Crippen LogP contribution is -2.55. The van der Waals surface area contributed by atoms with Gasteiger partial charge in [-0.15, -0.1) is 54.6 Å². The zero-order valence-corrected chi connectivity index (χ0v) is 41.1. The monoisotopic (exact) mass is 733 g/mol. The fraction of sp³-hybridized carbons (Fsp3) is 0. The van der Waals surface area contributed by atoms with Crippen molar-refractivity contribution in [3.8, 4) is 33.4 Å². The average Bonchev–Trinajstić information content (AvgIpc) is 3.20. The van der Waals surface area contributed by atoms with Crippen LogP contribution < -0.4 is 126 Å². The lowest BCUT2D eigenvalue weighted by molar-refractivity contribution is 1.83. The van der Waals surface area contributed by atoms with Crippen LogP contribution in [0.2, 0.25) is 0 Å². The van der Waals surface area contributed by atoms with Crippen molar-refractivity contribution in [1.29, 1.82) is 0 Å². The first-order valence-corrected chi connectivity index (χ1v) is 22.1. The second-order valence-electron chi connectivity index (χ2n) is 19.1. The van der Waals surface area contributed by atoms with Gasteiger partial charge in [0.2, 0.25) is 0 Å². The molecule has 0 radical (unpaired) electrons.